The summed E-state index contributed by atoms with van der Waals surface area (Å²) in [6.07, 6.45) is 1.60. The summed E-state index contributed by atoms with van der Waals surface area (Å²) in [6, 6.07) is 9.71. The highest BCUT2D eigenvalue weighted by molar-refractivity contribution is 7.89. The number of sulfonamides is 1. The van der Waals surface area contributed by atoms with Gasteiger partial charge in [0.2, 0.25) is 15.9 Å². The van der Waals surface area contributed by atoms with Crippen molar-refractivity contribution in [2.45, 2.75) is 11.4 Å². The summed E-state index contributed by atoms with van der Waals surface area (Å²) >= 11 is 0. The van der Waals surface area contributed by atoms with Gasteiger partial charge in [0.05, 0.1) is 11.4 Å². The molecule has 1 aliphatic rings. The molecule has 0 aliphatic carbocycles. The van der Waals surface area contributed by atoms with E-state index < -0.39 is 10.0 Å². The van der Waals surface area contributed by atoms with E-state index in [1.54, 1.807) is 30.5 Å². The van der Waals surface area contributed by atoms with E-state index in [-0.39, 0.29) is 23.2 Å². The van der Waals surface area contributed by atoms with E-state index in [1.165, 1.54) is 12.1 Å². The Morgan fingerprint density at radius 1 is 1.04 bits per heavy atom. The number of rotatable bonds is 5. The van der Waals surface area contributed by atoms with Crippen molar-refractivity contribution in [3.8, 4) is 23.1 Å². The van der Waals surface area contributed by atoms with Gasteiger partial charge >= 0.3 is 0 Å². The van der Waals surface area contributed by atoms with Crippen LogP contribution in [0.3, 0.4) is 0 Å². The first kappa shape index (κ1) is 16.5. The van der Waals surface area contributed by atoms with E-state index in [9.17, 15) is 8.42 Å². The van der Waals surface area contributed by atoms with Gasteiger partial charge in [0.1, 0.15) is 18.9 Å². The monoisotopic (exact) mass is 374 g/mol. The molecule has 0 unspecified atom stereocenters. The second-order valence-corrected chi connectivity index (χ2v) is 7.11. The van der Waals surface area contributed by atoms with Crippen LogP contribution in [0.1, 0.15) is 5.89 Å². The normalized spacial score (nSPS) is 13.5. The average molecular weight is 374 g/mol. The van der Waals surface area contributed by atoms with Crippen LogP contribution in [0.15, 0.2) is 51.9 Å². The molecule has 10 heteroatoms. The molecule has 134 valence electrons. The zero-order valence-electron chi connectivity index (χ0n) is 13.5. The first-order chi connectivity index (χ1) is 12.6. The topological polar surface area (TPSA) is 116 Å². The molecule has 0 spiro atoms. The second-order valence-electron chi connectivity index (χ2n) is 5.35. The van der Waals surface area contributed by atoms with Crippen LogP contribution < -0.4 is 14.2 Å². The van der Waals surface area contributed by atoms with Gasteiger partial charge in [0, 0.05) is 12.3 Å². The number of pyridine rings is 1. The summed E-state index contributed by atoms with van der Waals surface area (Å²) < 4.78 is 43.6. The Hall–Kier alpha value is -2.98. The molecule has 1 aliphatic heterocycles. The smallest absolute Gasteiger partial charge is 0.266 e. The number of nitrogens with zero attached hydrogens (tertiary/aromatic N) is 3. The van der Waals surface area contributed by atoms with Gasteiger partial charge in [-0.2, -0.15) is 0 Å². The van der Waals surface area contributed by atoms with Crippen LogP contribution in [0, 0.1) is 0 Å². The minimum Gasteiger partial charge on any atom is -0.486 e. The van der Waals surface area contributed by atoms with Gasteiger partial charge in [-0.3, -0.25) is 4.98 Å². The van der Waals surface area contributed by atoms with Gasteiger partial charge in [-0.1, -0.05) is 6.07 Å². The Balaban J connectivity index is 1.48. The Morgan fingerprint density at radius 3 is 2.69 bits per heavy atom. The molecule has 26 heavy (non-hydrogen) atoms. The van der Waals surface area contributed by atoms with Crippen LogP contribution in [-0.4, -0.2) is 36.8 Å². The van der Waals surface area contributed by atoms with Gasteiger partial charge < -0.3 is 13.9 Å². The lowest BCUT2D eigenvalue weighted by molar-refractivity contribution is 0.171. The van der Waals surface area contributed by atoms with Crippen molar-refractivity contribution in [2.75, 3.05) is 13.2 Å². The van der Waals surface area contributed by atoms with Crippen molar-refractivity contribution in [3.63, 3.8) is 0 Å². The van der Waals surface area contributed by atoms with Gasteiger partial charge in [0.15, 0.2) is 11.5 Å². The summed E-state index contributed by atoms with van der Waals surface area (Å²) in [4.78, 5) is 4.16. The average Bonchev–Trinajstić information content (AvgIpc) is 3.16. The number of hydrogen-bond donors (Lipinski definition) is 1. The molecule has 0 amide bonds. The van der Waals surface area contributed by atoms with Crippen LogP contribution in [0.4, 0.5) is 0 Å². The fourth-order valence-corrected chi connectivity index (χ4v) is 3.34. The summed E-state index contributed by atoms with van der Waals surface area (Å²) in [6.45, 7) is 0.673. The number of benzene rings is 1. The third-order valence-corrected chi connectivity index (χ3v) is 4.99. The van der Waals surface area contributed by atoms with Crippen molar-refractivity contribution >= 4 is 10.0 Å². The number of fused-ring (bicyclic) bond motifs is 1. The van der Waals surface area contributed by atoms with Crippen molar-refractivity contribution in [1.82, 2.24) is 19.9 Å². The summed E-state index contributed by atoms with van der Waals surface area (Å²) in [5, 5.41) is 7.70. The van der Waals surface area contributed by atoms with Gasteiger partial charge in [-0.15, -0.1) is 10.2 Å². The van der Waals surface area contributed by atoms with Gasteiger partial charge in [0.25, 0.3) is 5.89 Å². The fraction of sp³-hybridized carbons (Fsp3) is 0.188. The van der Waals surface area contributed by atoms with Crippen molar-refractivity contribution in [2.24, 2.45) is 0 Å². The first-order valence-electron chi connectivity index (χ1n) is 7.75. The van der Waals surface area contributed by atoms with Crippen LogP contribution in [-0.2, 0) is 16.6 Å². The van der Waals surface area contributed by atoms with Crippen LogP contribution in [0.25, 0.3) is 11.6 Å². The van der Waals surface area contributed by atoms with Gasteiger partial charge in [-0.25, -0.2) is 13.1 Å². The predicted octanol–water partition coefficient (Wildman–Crippen LogP) is 1.38. The minimum absolute atomic E-state index is 0.0613. The molecule has 0 radical (unpaired) electrons. The van der Waals surface area contributed by atoms with E-state index in [1.807, 2.05) is 0 Å². The van der Waals surface area contributed by atoms with E-state index in [0.29, 0.717) is 30.4 Å². The highest BCUT2D eigenvalue weighted by Gasteiger charge is 2.20. The largest absolute Gasteiger partial charge is 0.486 e. The lowest BCUT2D eigenvalue weighted by atomic mass is 10.3. The quantitative estimate of drug-likeness (QED) is 0.712. The molecule has 1 N–H and O–H groups in total. The highest BCUT2D eigenvalue weighted by Crippen LogP contribution is 2.32. The molecule has 4 rings (SSSR count). The Kier molecular flexibility index (Phi) is 4.27. The third kappa shape index (κ3) is 3.37. The Morgan fingerprint density at radius 2 is 1.88 bits per heavy atom. The number of hydrogen-bond acceptors (Lipinski definition) is 8. The van der Waals surface area contributed by atoms with E-state index in [2.05, 4.69) is 19.9 Å². The molecule has 0 bridgehead atoms. The molecule has 0 saturated heterocycles. The van der Waals surface area contributed by atoms with E-state index in [4.69, 9.17) is 13.9 Å². The highest BCUT2D eigenvalue weighted by atomic mass is 32.2. The maximum Gasteiger partial charge on any atom is 0.266 e. The molecule has 3 heterocycles. The number of aromatic nitrogens is 3. The molecule has 2 aromatic heterocycles. The molecular weight excluding hydrogens is 360 g/mol. The zero-order valence-corrected chi connectivity index (χ0v) is 14.3. The van der Waals surface area contributed by atoms with Crippen molar-refractivity contribution in [3.05, 3.63) is 48.5 Å². The molecule has 1 aromatic carbocycles. The standard InChI is InChI=1S/C16H14N4O5S/c21-26(22,11-4-5-13-14(9-11)24-8-7-23-13)18-10-15-19-20-16(25-15)12-3-1-2-6-17-12/h1-6,9,18H,7-8,10H2. The SMILES string of the molecule is O=S(=O)(NCc1nnc(-c2ccccn2)o1)c1ccc2c(c1)OCCO2. The number of nitrogens with one attached hydrogen (secondary N) is 1. The van der Waals surface area contributed by atoms with E-state index >= 15 is 0 Å². The third-order valence-electron chi connectivity index (χ3n) is 3.59. The maximum atomic E-state index is 12.5. The molecule has 0 saturated carbocycles. The fourth-order valence-electron chi connectivity index (χ4n) is 2.35. The Labute approximate surface area is 149 Å². The number of ether oxygens (including phenoxy) is 2. The van der Waals surface area contributed by atoms with Crippen LogP contribution in [0.5, 0.6) is 11.5 Å². The lowest BCUT2D eigenvalue weighted by Gasteiger charge is -2.18. The lowest BCUT2D eigenvalue weighted by Crippen LogP contribution is -2.24. The second kappa shape index (κ2) is 6.73. The summed E-state index contributed by atoms with van der Waals surface area (Å²) in [5.41, 5.74) is 0.515. The first-order valence-corrected chi connectivity index (χ1v) is 9.23. The van der Waals surface area contributed by atoms with Crippen molar-refractivity contribution in [1.29, 1.82) is 0 Å². The Bertz CT molecular complexity index is 1020. The van der Waals surface area contributed by atoms with Crippen LogP contribution in [0.2, 0.25) is 0 Å². The molecular formula is C16H14N4O5S. The summed E-state index contributed by atoms with van der Waals surface area (Å²) in [5.74, 6) is 1.27. The molecule has 9 nitrogen and oxygen atoms in total. The molecule has 0 fully saturated rings. The zero-order chi connectivity index (χ0) is 18.0. The summed E-state index contributed by atoms with van der Waals surface area (Å²) in [7, 11) is -3.78. The predicted molar refractivity (Wildman–Crippen MR) is 89.0 cm³/mol. The van der Waals surface area contributed by atoms with Crippen molar-refractivity contribution < 1.29 is 22.3 Å². The van der Waals surface area contributed by atoms with E-state index in [0.717, 1.165) is 0 Å². The van der Waals surface area contributed by atoms with Crippen LogP contribution >= 0.6 is 0 Å². The molecule has 3 aromatic rings. The van der Waals surface area contributed by atoms with Gasteiger partial charge in [-0.05, 0) is 24.3 Å². The maximum absolute atomic E-state index is 12.5. The molecule has 0 atom stereocenters. The minimum atomic E-state index is -3.78.